The van der Waals surface area contributed by atoms with Gasteiger partial charge in [-0.05, 0) is 0 Å². The standard InChI is InChI=1S/Ga.Mg.2H2O.Sn.7H/h;;2*1H2;;;;;;;;. The molecule has 5 heteroatoms. The Bertz CT molecular complexity index is 9.61. The Balaban J connectivity index is 0. The van der Waals surface area contributed by atoms with Crippen molar-refractivity contribution in [1.82, 2.24) is 0 Å². The van der Waals surface area contributed by atoms with E-state index >= 15 is 0 Å². The molecule has 0 bridgehead atoms. The third kappa shape index (κ3) is 23.1. The second-order valence-electron chi connectivity index (χ2n) is 0. The molecule has 0 rings (SSSR count). The van der Waals surface area contributed by atoms with Crippen LogP contribution in [0.15, 0.2) is 0 Å². The van der Waals surface area contributed by atoms with E-state index in [0.717, 1.165) is 0 Å². The van der Waals surface area contributed by atoms with E-state index in [-0.39, 0.29) is 77.7 Å². The fraction of sp³-hybridized carbons (Fsp3) is 0. The van der Waals surface area contributed by atoms with Gasteiger partial charge in [-0.1, -0.05) is 0 Å². The molecule has 0 aliphatic carbocycles. The fourth-order valence-corrected chi connectivity index (χ4v) is 0. The Hall–Kier alpha value is 2.12. The van der Waals surface area contributed by atoms with Crippen LogP contribution in [0.5, 0.6) is 0 Å². The van der Waals surface area contributed by atoms with Crippen LogP contribution < -0.4 is 0 Å². The zero-order chi connectivity index (χ0) is 0. The first kappa shape index (κ1) is 59.3. The van der Waals surface area contributed by atoms with E-state index in [2.05, 4.69) is 0 Å². The van der Waals surface area contributed by atoms with Gasteiger partial charge in [-0.2, -0.15) is 0 Å². The molecule has 4 N–H and O–H groups in total. The van der Waals surface area contributed by atoms with Crippen molar-refractivity contribution in [3.63, 3.8) is 0 Å². The van der Waals surface area contributed by atoms with Crippen molar-refractivity contribution in [3.05, 3.63) is 0 Å². The molecule has 0 saturated carbocycles. The molecule has 0 spiro atoms. The Morgan fingerprint density at radius 3 is 0.800 bits per heavy atom. The molecule has 2 radical (unpaired) electrons. The van der Waals surface area contributed by atoms with Crippen LogP contribution in [0.3, 0.4) is 0 Å². The van der Waals surface area contributed by atoms with Gasteiger partial charge in [0.2, 0.25) is 0 Å². The van der Waals surface area contributed by atoms with Gasteiger partial charge in [0, 0.05) is 0 Å². The first-order valence-electron chi connectivity index (χ1n) is 0. The molecule has 5 heavy (non-hydrogen) atoms. The van der Waals surface area contributed by atoms with E-state index in [0.29, 0.717) is 0 Å². The zero-order valence-corrected chi connectivity index (χ0v) is 5.74. The average Bonchev–Trinajstić information content (AvgIpc) is 0. The fourth-order valence-electron chi connectivity index (χ4n) is 0. The molecule has 0 fully saturated rings. The molecule has 0 heterocycles. The summed E-state index contributed by atoms with van der Waals surface area (Å²) in [5.41, 5.74) is 0. The van der Waals surface area contributed by atoms with E-state index in [1.807, 2.05) is 0 Å². The van der Waals surface area contributed by atoms with Crippen LogP contribution in [0.4, 0.5) is 0 Å². The van der Waals surface area contributed by atoms with Crippen molar-refractivity contribution < 1.29 is 11.0 Å². The minimum absolute atomic E-state index is 0. The maximum atomic E-state index is 0. The Labute approximate surface area is 76.9 Å². The van der Waals surface area contributed by atoms with Crippen LogP contribution in [0.25, 0.3) is 0 Å². The summed E-state index contributed by atoms with van der Waals surface area (Å²) < 4.78 is 0. The summed E-state index contributed by atoms with van der Waals surface area (Å²) >= 11 is 0. The van der Waals surface area contributed by atoms with Crippen molar-refractivity contribution >= 4 is 66.8 Å². The predicted octanol–water partition coefficient (Wildman–Crippen LogP) is -4.67. The van der Waals surface area contributed by atoms with Crippen LogP contribution in [-0.4, -0.2) is 77.7 Å². The van der Waals surface area contributed by atoms with Crippen molar-refractivity contribution in [2.24, 2.45) is 0 Å². The van der Waals surface area contributed by atoms with E-state index in [9.17, 15) is 0 Å². The Kier molecular flexibility index (Phi) is 423. The summed E-state index contributed by atoms with van der Waals surface area (Å²) in [7, 11) is 0. The van der Waals surface area contributed by atoms with Gasteiger partial charge in [-0.25, -0.2) is 0 Å². The van der Waals surface area contributed by atoms with Crippen molar-refractivity contribution in [2.45, 2.75) is 0 Å². The van der Waals surface area contributed by atoms with Gasteiger partial charge >= 0.3 is 66.8 Å². The second kappa shape index (κ2) is 35.7. The van der Waals surface area contributed by atoms with Gasteiger partial charge in [0.25, 0.3) is 0 Å². The summed E-state index contributed by atoms with van der Waals surface area (Å²) in [6.45, 7) is 0. The van der Waals surface area contributed by atoms with Crippen LogP contribution in [0.2, 0.25) is 0 Å². The molecule has 0 aromatic heterocycles. The van der Waals surface area contributed by atoms with Crippen LogP contribution >= 0.6 is 0 Å². The van der Waals surface area contributed by atoms with Crippen molar-refractivity contribution in [1.29, 1.82) is 0 Å². The first-order valence-corrected chi connectivity index (χ1v) is 0. The molecular weight excluding hydrogens is 245 g/mol. The SMILES string of the molecule is O.O.[GaH3].[MgH2].[SnH2]. The van der Waals surface area contributed by atoms with Gasteiger partial charge in [0.1, 0.15) is 0 Å². The van der Waals surface area contributed by atoms with E-state index in [1.165, 1.54) is 0 Å². The molecule has 0 unspecified atom stereocenters. The number of hydrogen-bond acceptors (Lipinski definition) is 0. The predicted molar refractivity (Wildman–Crippen MR) is 34.3 cm³/mol. The van der Waals surface area contributed by atoms with E-state index in [1.54, 1.807) is 0 Å². The summed E-state index contributed by atoms with van der Waals surface area (Å²) in [5.74, 6) is 0. The van der Waals surface area contributed by atoms with Gasteiger partial charge in [0.05, 0.1) is 0 Å². The van der Waals surface area contributed by atoms with Gasteiger partial charge in [0.15, 0.2) is 0 Å². The van der Waals surface area contributed by atoms with Crippen LogP contribution in [0, 0.1) is 0 Å². The molecule has 0 aliphatic rings. The van der Waals surface area contributed by atoms with Crippen molar-refractivity contribution in [2.75, 3.05) is 0 Å². The average molecular weight is 256 g/mol. The molecule has 32 valence electrons. The molecule has 0 aliphatic heterocycles. The number of hydrogen-bond donors (Lipinski definition) is 0. The van der Waals surface area contributed by atoms with Crippen molar-refractivity contribution in [3.8, 4) is 0 Å². The van der Waals surface area contributed by atoms with Gasteiger partial charge in [-0.15, -0.1) is 0 Å². The molecule has 0 atom stereocenters. The van der Waals surface area contributed by atoms with E-state index < -0.39 is 0 Å². The summed E-state index contributed by atoms with van der Waals surface area (Å²) in [6, 6.07) is 0. The third-order valence-corrected chi connectivity index (χ3v) is 0. The topological polar surface area (TPSA) is 63.0 Å². The molecule has 0 saturated heterocycles. The van der Waals surface area contributed by atoms with Crippen LogP contribution in [-0.2, 0) is 0 Å². The molecule has 0 aromatic carbocycles. The minimum atomic E-state index is 0. The Morgan fingerprint density at radius 2 is 0.800 bits per heavy atom. The monoisotopic (exact) mass is 256 g/mol. The summed E-state index contributed by atoms with van der Waals surface area (Å²) in [5, 5.41) is 0. The quantitative estimate of drug-likeness (QED) is 0.391. The van der Waals surface area contributed by atoms with E-state index in [4.69, 9.17) is 0 Å². The third-order valence-electron chi connectivity index (χ3n) is 0. The number of rotatable bonds is 0. The van der Waals surface area contributed by atoms with Gasteiger partial charge in [-0.3, -0.25) is 0 Å². The Morgan fingerprint density at radius 1 is 0.800 bits per heavy atom. The summed E-state index contributed by atoms with van der Waals surface area (Å²) in [4.78, 5) is 0. The maximum absolute atomic E-state index is 0. The van der Waals surface area contributed by atoms with Crippen LogP contribution in [0.1, 0.15) is 0 Å². The molecule has 0 amide bonds. The van der Waals surface area contributed by atoms with Gasteiger partial charge < -0.3 is 11.0 Å². The second-order valence-corrected chi connectivity index (χ2v) is 0. The zero-order valence-electron chi connectivity index (χ0n) is 1.71. The molecular formula is H11GaMgO2Sn. The molecule has 2 nitrogen and oxygen atoms in total. The first-order chi connectivity index (χ1) is 0. The molecule has 0 aromatic rings. The normalized spacial score (nSPS) is 0. The summed E-state index contributed by atoms with van der Waals surface area (Å²) in [6.07, 6.45) is 0.